The zero-order valence-electron chi connectivity index (χ0n) is 11.8. The van der Waals surface area contributed by atoms with Crippen molar-refractivity contribution in [3.63, 3.8) is 0 Å². The average Bonchev–Trinajstić information content (AvgIpc) is 2.58. The van der Waals surface area contributed by atoms with Gasteiger partial charge in [-0.05, 0) is 49.3 Å². The van der Waals surface area contributed by atoms with Crippen molar-refractivity contribution < 1.29 is 0 Å². The SMILES string of the molecule is CN(C)CCn1ncc(Br)c1C1CCCCC(Br)C1. The monoisotopic (exact) mass is 391 g/mol. The van der Waals surface area contributed by atoms with Crippen LogP contribution in [0, 0.1) is 0 Å². The molecule has 5 heteroatoms. The lowest BCUT2D eigenvalue weighted by atomic mass is 9.96. The Kier molecular flexibility index (Phi) is 5.90. The molecule has 0 amide bonds. The van der Waals surface area contributed by atoms with Gasteiger partial charge in [0.05, 0.1) is 22.9 Å². The fourth-order valence-electron chi connectivity index (χ4n) is 2.80. The van der Waals surface area contributed by atoms with Crippen LogP contribution in [0.5, 0.6) is 0 Å². The molecule has 1 aromatic rings. The van der Waals surface area contributed by atoms with Crippen molar-refractivity contribution in [1.29, 1.82) is 0 Å². The maximum atomic E-state index is 4.55. The molecule has 0 aliphatic heterocycles. The number of likely N-dealkylation sites (N-methyl/N-ethyl adjacent to an activating group) is 1. The van der Waals surface area contributed by atoms with Crippen molar-refractivity contribution >= 4 is 31.9 Å². The summed E-state index contributed by atoms with van der Waals surface area (Å²) < 4.78 is 3.37. The molecule has 1 aromatic heterocycles. The van der Waals surface area contributed by atoms with Gasteiger partial charge in [0.25, 0.3) is 0 Å². The molecular formula is C14H23Br2N3. The number of nitrogens with zero attached hydrogens (tertiary/aromatic N) is 3. The number of hydrogen-bond acceptors (Lipinski definition) is 2. The highest BCUT2D eigenvalue weighted by Gasteiger charge is 2.24. The number of aromatic nitrogens is 2. The smallest absolute Gasteiger partial charge is 0.0635 e. The lowest BCUT2D eigenvalue weighted by Gasteiger charge is -2.20. The fourth-order valence-corrected chi connectivity index (χ4v) is 4.19. The van der Waals surface area contributed by atoms with Gasteiger partial charge in [-0.1, -0.05) is 28.8 Å². The first kappa shape index (κ1) is 15.5. The quantitative estimate of drug-likeness (QED) is 0.569. The predicted molar refractivity (Wildman–Crippen MR) is 87.0 cm³/mol. The third kappa shape index (κ3) is 4.30. The number of halogens is 2. The molecule has 108 valence electrons. The lowest BCUT2D eigenvalue weighted by molar-refractivity contribution is 0.364. The first-order valence-electron chi connectivity index (χ1n) is 7.08. The van der Waals surface area contributed by atoms with Crippen molar-refractivity contribution in [1.82, 2.24) is 14.7 Å². The standard InChI is InChI=1S/C14H23Br2N3/c1-18(2)7-8-19-14(13(16)10-17-19)11-5-3-4-6-12(15)9-11/h10-12H,3-9H2,1-2H3. The van der Waals surface area contributed by atoms with Gasteiger partial charge in [-0.2, -0.15) is 5.10 Å². The van der Waals surface area contributed by atoms with E-state index < -0.39 is 0 Å². The molecule has 0 spiro atoms. The highest BCUT2D eigenvalue weighted by molar-refractivity contribution is 9.10. The van der Waals surface area contributed by atoms with Crippen LogP contribution in [-0.4, -0.2) is 40.1 Å². The summed E-state index contributed by atoms with van der Waals surface area (Å²) in [6.07, 6.45) is 8.45. The largest absolute Gasteiger partial charge is 0.308 e. The Labute approximate surface area is 133 Å². The van der Waals surface area contributed by atoms with Crippen LogP contribution in [0.1, 0.15) is 43.7 Å². The van der Waals surface area contributed by atoms with Gasteiger partial charge in [0.1, 0.15) is 0 Å². The maximum absolute atomic E-state index is 4.55. The van der Waals surface area contributed by atoms with Gasteiger partial charge in [-0.15, -0.1) is 0 Å². The van der Waals surface area contributed by atoms with Crippen LogP contribution in [-0.2, 0) is 6.54 Å². The Balaban J connectivity index is 2.14. The Bertz CT molecular complexity index is 403. The van der Waals surface area contributed by atoms with Crippen LogP contribution in [0.2, 0.25) is 0 Å². The van der Waals surface area contributed by atoms with Gasteiger partial charge >= 0.3 is 0 Å². The Morgan fingerprint density at radius 2 is 2.11 bits per heavy atom. The summed E-state index contributed by atoms with van der Waals surface area (Å²) >= 11 is 7.52. The van der Waals surface area contributed by atoms with Gasteiger partial charge in [0.2, 0.25) is 0 Å². The van der Waals surface area contributed by atoms with E-state index in [2.05, 4.69) is 60.6 Å². The van der Waals surface area contributed by atoms with Gasteiger partial charge in [0, 0.05) is 17.3 Å². The molecule has 2 atom stereocenters. The predicted octanol–water partition coefficient (Wildman–Crippen LogP) is 4.02. The summed E-state index contributed by atoms with van der Waals surface area (Å²) in [4.78, 5) is 2.86. The molecule has 2 unspecified atom stereocenters. The summed E-state index contributed by atoms with van der Waals surface area (Å²) in [6, 6.07) is 0. The van der Waals surface area contributed by atoms with Crippen molar-refractivity contribution in [2.45, 2.75) is 49.4 Å². The number of alkyl halides is 1. The molecule has 2 rings (SSSR count). The zero-order valence-corrected chi connectivity index (χ0v) is 15.0. The summed E-state index contributed by atoms with van der Waals surface area (Å²) in [5.74, 6) is 0.630. The minimum absolute atomic E-state index is 0.630. The molecule has 1 aliphatic rings. The minimum atomic E-state index is 0.630. The molecule has 0 aromatic carbocycles. The highest BCUT2D eigenvalue weighted by atomic mass is 79.9. The van der Waals surface area contributed by atoms with E-state index in [0.29, 0.717) is 10.7 Å². The molecule has 1 fully saturated rings. The van der Waals surface area contributed by atoms with E-state index in [1.807, 2.05) is 6.20 Å². The summed E-state index contributed by atoms with van der Waals surface area (Å²) in [7, 11) is 4.22. The number of rotatable bonds is 4. The van der Waals surface area contributed by atoms with Crippen LogP contribution in [0.4, 0.5) is 0 Å². The number of hydrogen-bond donors (Lipinski definition) is 0. The van der Waals surface area contributed by atoms with Crippen molar-refractivity contribution in [3.8, 4) is 0 Å². The Morgan fingerprint density at radius 3 is 2.84 bits per heavy atom. The molecule has 0 N–H and O–H groups in total. The van der Waals surface area contributed by atoms with Crippen molar-refractivity contribution in [3.05, 3.63) is 16.4 Å². The van der Waals surface area contributed by atoms with Gasteiger partial charge < -0.3 is 4.90 Å². The van der Waals surface area contributed by atoms with Crippen molar-refractivity contribution in [2.24, 2.45) is 0 Å². The second kappa shape index (κ2) is 7.23. The van der Waals surface area contributed by atoms with Crippen LogP contribution in [0.15, 0.2) is 10.7 Å². The molecule has 1 heterocycles. The first-order chi connectivity index (χ1) is 9.08. The molecule has 1 saturated carbocycles. The van der Waals surface area contributed by atoms with E-state index in [1.165, 1.54) is 42.3 Å². The van der Waals surface area contributed by atoms with E-state index in [9.17, 15) is 0 Å². The minimum Gasteiger partial charge on any atom is -0.308 e. The maximum Gasteiger partial charge on any atom is 0.0635 e. The highest BCUT2D eigenvalue weighted by Crippen LogP contribution is 2.37. The molecule has 19 heavy (non-hydrogen) atoms. The second-order valence-electron chi connectivity index (χ2n) is 5.72. The Hall–Kier alpha value is 0.130. The van der Waals surface area contributed by atoms with Crippen LogP contribution >= 0.6 is 31.9 Å². The van der Waals surface area contributed by atoms with E-state index >= 15 is 0 Å². The van der Waals surface area contributed by atoms with E-state index in [1.54, 1.807) is 0 Å². The topological polar surface area (TPSA) is 21.1 Å². The third-order valence-corrected chi connectivity index (χ3v) is 5.28. The average molecular weight is 393 g/mol. The lowest BCUT2D eigenvalue weighted by Crippen LogP contribution is -2.21. The summed E-state index contributed by atoms with van der Waals surface area (Å²) in [5.41, 5.74) is 1.40. The molecular weight excluding hydrogens is 370 g/mol. The van der Waals surface area contributed by atoms with Crippen LogP contribution in [0.25, 0.3) is 0 Å². The zero-order chi connectivity index (χ0) is 13.8. The van der Waals surface area contributed by atoms with Crippen LogP contribution < -0.4 is 0 Å². The van der Waals surface area contributed by atoms with Crippen LogP contribution in [0.3, 0.4) is 0 Å². The van der Waals surface area contributed by atoms with E-state index in [-0.39, 0.29) is 0 Å². The van der Waals surface area contributed by atoms with E-state index in [0.717, 1.165) is 13.1 Å². The molecule has 0 radical (unpaired) electrons. The van der Waals surface area contributed by atoms with Gasteiger partial charge in [0.15, 0.2) is 0 Å². The second-order valence-corrected chi connectivity index (χ2v) is 7.87. The third-order valence-electron chi connectivity index (χ3n) is 3.84. The normalized spacial score (nSPS) is 24.7. The van der Waals surface area contributed by atoms with Gasteiger partial charge in [-0.25, -0.2) is 0 Å². The van der Waals surface area contributed by atoms with Gasteiger partial charge in [-0.3, -0.25) is 4.68 Å². The fraction of sp³-hybridized carbons (Fsp3) is 0.786. The molecule has 0 saturated heterocycles. The first-order valence-corrected chi connectivity index (χ1v) is 8.78. The van der Waals surface area contributed by atoms with Crippen molar-refractivity contribution in [2.75, 3.05) is 20.6 Å². The van der Waals surface area contributed by atoms with E-state index in [4.69, 9.17) is 0 Å². The summed E-state index contributed by atoms with van der Waals surface area (Å²) in [6.45, 7) is 2.00. The molecule has 0 bridgehead atoms. The molecule has 1 aliphatic carbocycles. The Morgan fingerprint density at radius 1 is 1.37 bits per heavy atom. The molecule has 3 nitrogen and oxygen atoms in total. The summed E-state index contributed by atoms with van der Waals surface area (Å²) in [5, 5.41) is 4.55.